The number of hydrogen-bond acceptors (Lipinski definition) is 7. The molecular weight excluding hydrogens is 370 g/mol. The monoisotopic (exact) mass is 388 g/mol. The molecule has 1 aliphatic carbocycles. The van der Waals surface area contributed by atoms with Crippen molar-refractivity contribution in [2.24, 2.45) is 11.8 Å². The third-order valence-electron chi connectivity index (χ3n) is 5.42. The molecule has 1 unspecified atom stereocenters. The van der Waals surface area contributed by atoms with Gasteiger partial charge in [-0.1, -0.05) is 0 Å². The largest absolute Gasteiger partial charge is 0.480 e. The van der Waals surface area contributed by atoms with E-state index in [1.54, 1.807) is 23.1 Å². The summed E-state index contributed by atoms with van der Waals surface area (Å²) in [6.45, 7) is 1.17. The van der Waals surface area contributed by atoms with Crippen LogP contribution in [-0.2, 0) is 0 Å². The van der Waals surface area contributed by atoms with Crippen LogP contribution in [0, 0.1) is 11.8 Å². The summed E-state index contributed by atoms with van der Waals surface area (Å²) in [5.74, 6) is -2.63. The van der Waals surface area contributed by atoms with E-state index in [0.29, 0.717) is 35.9 Å². The van der Waals surface area contributed by atoms with Crippen molar-refractivity contribution in [1.29, 1.82) is 0 Å². The molecule has 8 nitrogen and oxygen atoms in total. The number of imidazole rings is 1. The molecule has 146 valence electrons. The lowest BCUT2D eigenvalue weighted by molar-refractivity contribution is 0.0799. The number of anilines is 1. The number of nitrogens with zero attached hydrogens (tertiary/aromatic N) is 6. The van der Waals surface area contributed by atoms with Gasteiger partial charge in [-0.05, 0) is 6.07 Å². The second-order valence-corrected chi connectivity index (χ2v) is 7.13. The molecule has 1 atom stereocenters. The van der Waals surface area contributed by atoms with Gasteiger partial charge in [-0.3, -0.25) is 0 Å². The van der Waals surface area contributed by atoms with Crippen LogP contribution in [0.1, 0.15) is 6.42 Å². The number of hydrogen-bond donors (Lipinski definition) is 0. The number of fused-ring (bicyclic) bond motifs is 1. The fourth-order valence-electron chi connectivity index (χ4n) is 3.75. The first-order valence-corrected chi connectivity index (χ1v) is 8.92. The van der Waals surface area contributed by atoms with Crippen molar-refractivity contribution < 1.29 is 18.3 Å². The lowest BCUT2D eigenvalue weighted by Crippen LogP contribution is -2.48. The molecule has 3 aromatic rings. The van der Waals surface area contributed by atoms with E-state index in [1.807, 2.05) is 6.07 Å². The molecule has 0 aromatic carbocycles. The Balaban J connectivity index is 1.51. The first-order valence-electron chi connectivity index (χ1n) is 8.92. The molecule has 1 aliphatic heterocycles. The number of halogens is 2. The maximum Gasteiger partial charge on any atom is 0.319 e. The predicted octanol–water partition coefficient (Wildman–Crippen LogP) is 2.29. The Kier molecular flexibility index (Phi) is 3.65. The van der Waals surface area contributed by atoms with Crippen molar-refractivity contribution in [1.82, 2.24) is 24.6 Å². The van der Waals surface area contributed by atoms with Crippen molar-refractivity contribution in [2.45, 2.75) is 12.3 Å². The number of alkyl halides is 2. The SMILES string of the molecule is COc1ncc(-c2cc(N3CC(C4CC4(F)F)C3)c3nccn3n2)c(OC)n1. The van der Waals surface area contributed by atoms with Crippen molar-refractivity contribution >= 4 is 11.3 Å². The average molecular weight is 388 g/mol. The maximum atomic E-state index is 13.3. The molecule has 0 bridgehead atoms. The topological polar surface area (TPSA) is 77.7 Å². The van der Waals surface area contributed by atoms with Crippen LogP contribution in [-0.4, -0.2) is 57.8 Å². The Morgan fingerprint density at radius 3 is 2.64 bits per heavy atom. The molecule has 2 fully saturated rings. The van der Waals surface area contributed by atoms with Crippen LogP contribution in [0.25, 0.3) is 16.9 Å². The third kappa shape index (κ3) is 2.62. The van der Waals surface area contributed by atoms with Gasteiger partial charge in [-0.25, -0.2) is 23.3 Å². The molecular formula is C18H18F2N6O2. The van der Waals surface area contributed by atoms with Crippen LogP contribution >= 0.6 is 0 Å². The maximum absolute atomic E-state index is 13.3. The van der Waals surface area contributed by atoms with Crippen LogP contribution in [0.3, 0.4) is 0 Å². The molecule has 0 N–H and O–H groups in total. The molecule has 4 heterocycles. The number of aromatic nitrogens is 5. The summed E-state index contributed by atoms with van der Waals surface area (Å²) in [5, 5.41) is 4.57. The summed E-state index contributed by atoms with van der Waals surface area (Å²) in [7, 11) is 2.99. The summed E-state index contributed by atoms with van der Waals surface area (Å²) in [6, 6.07) is 2.07. The zero-order valence-electron chi connectivity index (χ0n) is 15.3. The van der Waals surface area contributed by atoms with Gasteiger partial charge in [0.1, 0.15) is 5.69 Å². The Hall–Kier alpha value is -3.04. The zero-order valence-corrected chi connectivity index (χ0v) is 15.3. The lowest BCUT2D eigenvalue weighted by Gasteiger charge is -2.41. The van der Waals surface area contributed by atoms with Crippen LogP contribution in [0.5, 0.6) is 11.9 Å². The van der Waals surface area contributed by atoms with E-state index in [1.165, 1.54) is 14.2 Å². The summed E-state index contributed by atoms with van der Waals surface area (Å²) < 4.78 is 38.8. The molecule has 3 aromatic heterocycles. The number of methoxy groups -OCH3 is 2. The highest BCUT2D eigenvalue weighted by atomic mass is 19.3. The Bertz CT molecular complexity index is 1050. The molecule has 2 aliphatic rings. The van der Waals surface area contributed by atoms with E-state index in [9.17, 15) is 8.78 Å². The summed E-state index contributed by atoms with van der Waals surface area (Å²) >= 11 is 0. The van der Waals surface area contributed by atoms with Crippen molar-refractivity contribution in [2.75, 3.05) is 32.2 Å². The van der Waals surface area contributed by atoms with E-state index < -0.39 is 11.8 Å². The lowest BCUT2D eigenvalue weighted by atomic mass is 9.93. The van der Waals surface area contributed by atoms with Gasteiger partial charge in [0.2, 0.25) is 5.88 Å². The fraction of sp³-hybridized carbons (Fsp3) is 0.444. The van der Waals surface area contributed by atoms with Gasteiger partial charge in [-0.2, -0.15) is 10.1 Å². The quantitative estimate of drug-likeness (QED) is 0.664. The Morgan fingerprint density at radius 1 is 1.18 bits per heavy atom. The van der Waals surface area contributed by atoms with Crippen molar-refractivity contribution in [3.05, 3.63) is 24.7 Å². The van der Waals surface area contributed by atoms with E-state index in [2.05, 4.69) is 25.0 Å². The second-order valence-electron chi connectivity index (χ2n) is 7.13. The van der Waals surface area contributed by atoms with Gasteiger partial charge >= 0.3 is 6.01 Å². The zero-order chi connectivity index (χ0) is 19.5. The minimum Gasteiger partial charge on any atom is -0.480 e. The van der Waals surface area contributed by atoms with Crippen molar-refractivity contribution in [3.8, 4) is 23.1 Å². The van der Waals surface area contributed by atoms with E-state index in [4.69, 9.17) is 9.47 Å². The minimum atomic E-state index is -2.49. The molecule has 0 amide bonds. The predicted molar refractivity (Wildman–Crippen MR) is 95.9 cm³/mol. The van der Waals surface area contributed by atoms with Gasteiger partial charge in [0.05, 0.1) is 25.5 Å². The molecule has 10 heteroatoms. The van der Waals surface area contributed by atoms with Gasteiger partial charge in [0, 0.05) is 49.9 Å². The fourth-order valence-corrected chi connectivity index (χ4v) is 3.75. The van der Waals surface area contributed by atoms with Crippen LogP contribution in [0.2, 0.25) is 0 Å². The van der Waals surface area contributed by atoms with E-state index >= 15 is 0 Å². The highest BCUT2D eigenvalue weighted by molar-refractivity contribution is 5.76. The third-order valence-corrected chi connectivity index (χ3v) is 5.42. The normalized spacial score (nSPS) is 20.9. The minimum absolute atomic E-state index is 0.00623. The van der Waals surface area contributed by atoms with Crippen LogP contribution in [0.4, 0.5) is 14.5 Å². The number of ether oxygens (including phenoxy) is 2. The molecule has 1 saturated carbocycles. The molecule has 5 rings (SSSR count). The standard InChI is InChI=1S/C18H18F2N6O2/c1-27-16-11(7-22-17(23-16)28-2)13-5-14(15-21-3-4-26(15)24-13)25-8-10(9-25)12-6-18(12,19)20/h3-5,7,10,12H,6,8-9H2,1-2H3. The van der Waals surface area contributed by atoms with Gasteiger partial charge in [-0.15, -0.1) is 0 Å². The Morgan fingerprint density at radius 2 is 1.96 bits per heavy atom. The smallest absolute Gasteiger partial charge is 0.319 e. The highest BCUT2D eigenvalue weighted by Crippen LogP contribution is 2.55. The van der Waals surface area contributed by atoms with E-state index in [-0.39, 0.29) is 18.3 Å². The van der Waals surface area contributed by atoms with Crippen LogP contribution in [0.15, 0.2) is 24.7 Å². The van der Waals surface area contributed by atoms with Crippen molar-refractivity contribution in [3.63, 3.8) is 0 Å². The van der Waals surface area contributed by atoms with Crippen LogP contribution < -0.4 is 14.4 Å². The van der Waals surface area contributed by atoms with E-state index in [0.717, 1.165) is 5.69 Å². The molecule has 0 spiro atoms. The first kappa shape index (κ1) is 17.1. The van der Waals surface area contributed by atoms with Gasteiger partial charge in [0.25, 0.3) is 5.92 Å². The first-order chi connectivity index (χ1) is 13.5. The summed E-state index contributed by atoms with van der Waals surface area (Å²) in [4.78, 5) is 14.8. The number of rotatable bonds is 5. The molecule has 28 heavy (non-hydrogen) atoms. The highest BCUT2D eigenvalue weighted by Gasteiger charge is 2.62. The summed E-state index contributed by atoms with van der Waals surface area (Å²) in [5.41, 5.74) is 2.72. The summed E-state index contributed by atoms with van der Waals surface area (Å²) in [6.07, 6.45) is 4.99. The van der Waals surface area contributed by atoms with Gasteiger partial charge < -0.3 is 14.4 Å². The Labute approximate surface area is 159 Å². The average Bonchev–Trinajstić information content (AvgIpc) is 3.05. The second kappa shape index (κ2) is 5.98. The van der Waals surface area contributed by atoms with Gasteiger partial charge in [0.15, 0.2) is 5.65 Å². The molecule has 1 saturated heterocycles. The molecule has 0 radical (unpaired) electrons.